The second-order valence-electron chi connectivity index (χ2n) is 2.28. The molecule has 0 fully saturated rings. The van der Waals surface area contributed by atoms with E-state index in [-0.39, 0.29) is 5.95 Å². The standard InChI is InChI=1S/C6H7N5.C2H6/c1-11-5-4(3-9-11)2-8-6(7)10-5;1-2/h2-3H,1H3,(H2,7,8,10);1-2H3. The summed E-state index contributed by atoms with van der Waals surface area (Å²) in [6, 6.07) is 0. The summed E-state index contributed by atoms with van der Waals surface area (Å²) in [6.45, 7) is 4.00. The molecular weight excluding hydrogens is 166 g/mol. The van der Waals surface area contributed by atoms with Crippen LogP contribution in [0.25, 0.3) is 11.0 Å². The van der Waals surface area contributed by atoms with Crippen LogP contribution in [0, 0.1) is 0 Å². The van der Waals surface area contributed by atoms with Gasteiger partial charge in [0.25, 0.3) is 0 Å². The van der Waals surface area contributed by atoms with Crippen LogP contribution in [0.15, 0.2) is 12.4 Å². The van der Waals surface area contributed by atoms with Crippen LogP contribution in [0.1, 0.15) is 13.8 Å². The monoisotopic (exact) mass is 179 g/mol. The second-order valence-corrected chi connectivity index (χ2v) is 2.28. The molecule has 0 aromatic carbocycles. The normalized spacial score (nSPS) is 9.46. The Morgan fingerprint density at radius 3 is 2.69 bits per heavy atom. The van der Waals surface area contributed by atoms with E-state index in [0.717, 1.165) is 11.0 Å². The van der Waals surface area contributed by atoms with Gasteiger partial charge in [-0.1, -0.05) is 13.8 Å². The third-order valence-corrected chi connectivity index (χ3v) is 1.49. The maximum absolute atomic E-state index is 5.39. The zero-order valence-corrected chi connectivity index (χ0v) is 8.02. The summed E-state index contributed by atoms with van der Waals surface area (Å²) in [6.07, 6.45) is 3.36. The quantitative estimate of drug-likeness (QED) is 0.654. The molecule has 13 heavy (non-hydrogen) atoms. The number of fused-ring (bicyclic) bond motifs is 1. The van der Waals surface area contributed by atoms with Crippen LogP contribution in [0.3, 0.4) is 0 Å². The Labute approximate surface area is 76.6 Å². The van der Waals surface area contributed by atoms with Crippen molar-refractivity contribution in [1.82, 2.24) is 19.7 Å². The first-order valence-corrected chi connectivity index (χ1v) is 4.17. The number of hydrogen-bond acceptors (Lipinski definition) is 4. The third-order valence-electron chi connectivity index (χ3n) is 1.49. The number of aromatic nitrogens is 4. The first-order valence-electron chi connectivity index (χ1n) is 4.17. The van der Waals surface area contributed by atoms with Gasteiger partial charge in [-0.05, 0) is 0 Å². The predicted molar refractivity (Wildman–Crippen MR) is 52.1 cm³/mol. The minimum atomic E-state index is 0.279. The summed E-state index contributed by atoms with van der Waals surface area (Å²) < 4.78 is 1.66. The fourth-order valence-electron chi connectivity index (χ4n) is 0.949. The van der Waals surface area contributed by atoms with Crippen molar-refractivity contribution < 1.29 is 0 Å². The van der Waals surface area contributed by atoms with E-state index in [1.807, 2.05) is 20.9 Å². The van der Waals surface area contributed by atoms with E-state index in [2.05, 4.69) is 15.1 Å². The lowest BCUT2D eigenvalue weighted by molar-refractivity contribution is 0.786. The first-order chi connectivity index (χ1) is 6.27. The van der Waals surface area contributed by atoms with Gasteiger partial charge in [-0.15, -0.1) is 0 Å². The molecule has 5 nitrogen and oxygen atoms in total. The van der Waals surface area contributed by atoms with Crippen LogP contribution in [-0.2, 0) is 7.05 Å². The van der Waals surface area contributed by atoms with Crippen molar-refractivity contribution in [2.45, 2.75) is 13.8 Å². The van der Waals surface area contributed by atoms with Gasteiger partial charge in [0.15, 0.2) is 5.65 Å². The highest BCUT2D eigenvalue weighted by molar-refractivity contribution is 5.73. The molecule has 2 heterocycles. The summed E-state index contributed by atoms with van der Waals surface area (Å²) in [7, 11) is 1.81. The highest BCUT2D eigenvalue weighted by Crippen LogP contribution is 2.08. The lowest BCUT2D eigenvalue weighted by Crippen LogP contribution is -1.97. The molecule has 0 radical (unpaired) electrons. The topological polar surface area (TPSA) is 69.6 Å². The van der Waals surface area contributed by atoms with Crippen molar-refractivity contribution >= 4 is 17.0 Å². The van der Waals surface area contributed by atoms with Crippen LogP contribution in [0.4, 0.5) is 5.95 Å². The average Bonchev–Trinajstić information content (AvgIpc) is 2.52. The van der Waals surface area contributed by atoms with E-state index in [0.29, 0.717) is 0 Å². The Balaban J connectivity index is 0.000000396. The van der Waals surface area contributed by atoms with Crippen molar-refractivity contribution in [2.24, 2.45) is 7.05 Å². The second kappa shape index (κ2) is 3.84. The lowest BCUT2D eigenvalue weighted by atomic mass is 10.4. The minimum Gasteiger partial charge on any atom is -0.368 e. The number of aryl methyl sites for hydroxylation is 1. The molecule has 0 unspecified atom stereocenters. The molecule has 0 saturated heterocycles. The molecule has 0 spiro atoms. The highest BCUT2D eigenvalue weighted by Gasteiger charge is 2.00. The summed E-state index contributed by atoms with van der Waals surface area (Å²) in [4.78, 5) is 7.84. The predicted octanol–water partition coefficient (Wildman–Crippen LogP) is 0.972. The SMILES string of the molecule is CC.Cn1ncc2cnc(N)nc21. The van der Waals surface area contributed by atoms with Crippen LogP contribution < -0.4 is 5.73 Å². The molecule has 5 heteroatoms. The van der Waals surface area contributed by atoms with E-state index < -0.39 is 0 Å². The van der Waals surface area contributed by atoms with Gasteiger partial charge in [-0.25, -0.2) is 4.98 Å². The van der Waals surface area contributed by atoms with Gasteiger partial charge >= 0.3 is 0 Å². The first kappa shape index (κ1) is 9.44. The molecule has 0 aliphatic carbocycles. The van der Waals surface area contributed by atoms with E-state index in [1.54, 1.807) is 17.1 Å². The number of anilines is 1. The number of nitrogens with zero attached hydrogens (tertiary/aromatic N) is 4. The van der Waals surface area contributed by atoms with Crippen molar-refractivity contribution in [3.05, 3.63) is 12.4 Å². The fraction of sp³-hybridized carbons (Fsp3) is 0.375. The van der Waals surface area contributed by atoms with Gasteiger partial charge in [0.1, 0.15) is 0 Å². The molecule has 0 saturated carbocycles. The van der Waals surface area contributed by atoms with Crippen LogP contribution in [0.5, 0.6) is 0 Å². The Hall–Kier alpha value is -1.65. The van der Waals surface area contributed by atoms with Crippen molar-refractivity contribution in [3.63, 3.8) is 0 Å². The zero-order valence-electron chi connectivity index (χ0n) is 8.02. The number of nitrogen functional groups attached to an aromatic ring is 1. The van der Waals surface area contributed by atoms with Gasteiger partial charge in [0, 0.05) is 13.2 Å². The van der Waals surface area contributed by atoms with E-state index in [4.69, 9.17) is 5.73 Å². The minimum absolute atomic E-state index is 0.279. The van der Waals surface area contributed by atoms with Crippen molar-refractivity contribution in [2.75, 3.05) is 5.73 Å². The number of rotatable bonds is 0. The Morgan fingerprint density at radius 1 is 1.31 bits per heavy atom. The molecule has 0 aliphatic heterocycles. The molecule has 2 aromatic rings. The van der Waals surface area contributed by atoms with Gasteiger partial charge in [0.05, 0.1) is 11.6 Å². The van der Waals surface area contributed by atoms with Gasteiger partial charge < -0.3 is 5.73 Å². The molecule has 2 N–H and O–H groups in total. The summed E-state index contributed by atoms with van der Waals surface area (Å²) in [5.41, 5.74) is 6.15. The Morgan fingerprint density at radius 2 is 2.00 bits per heavy atom. The zero-order chi connectivity index (χ0) is 9.84. The smallest absolute Gasteiger partial charge is 0.222 e. The van der Waals surface area contributed by atoms with Gasteiger partial charge in [-0.3, -0.25) is 4.68 Å². The van der Waals surface area contributed by atoms with E-state index in [9.17, 15) is 0 Å². The van der Waals surface area contributed by atoms with Crippen LogP contribution in [0.2, 0.25) is 0 Å². The summed E-state index contributed by atoms with van der Waals surface area (Å²) in [5.74, 6) is 0.279. The van der Waals surface area contributed by atoms with Crippen molar-refractivity contribution in [1.29, 1.82) is 0 Å². The van der Waals surface area contributed by atoms with Crippen molar-refractivity contribution in [3.8, 4) is 0 Å². The average molecular weight is 179 g/mol. The highest BCUT2D eigenvalue weighted by atomic mass is 15.3. The summed E-state index contributed by atoms with van der Waals surface area (Å²) in [5, 5.41) is 4.90. The Bertz CT molecular complexity index is 392. The fourth-order valence-corrected chi connectivity index (χ4v) is 0.949. The molecule has 2 aromatic heterocycles. The van der Waals surface area contributed by atoms with E-state index in [1.165, 1.54) is 0 Å². The lowest BCUT2D eigenvalue weighted by Gasteiger charge is -1.92. The Kier molecular flexibility index (Phi) is 2.79. The van der Waals surface area contributed by atoms with Gasteiger partial charge in [-0.2, -0.15) is 10.1 Å². The largest absolute Gasteiger partial charge is 0.368 e. The number of hydrogen-bond donors (Lipinski definition) is 1. The molecule has 70 valence electrons. The molecular formula is C8H13N5. The molecule has 0 atom stereocenters. The molecule has 2 rings (SSSR count). The van der Waals surface area contributed by atoms with Gasteiger partial charge in [0.2, 0.25) is 5.95 Å². The number of nitrogens with two attached hydrogens (primary N) is 1. The molecule has 0 amide bonds. The molecule has 0 bridgehead atoms. The maximum atomic E-state index is 5.39. The molecule has 0 aliphatic rings. The maximum Gasteiger partial charge on any atom is 0.222 e. The summed E-state index contributed by atoms with van der Waals surface area (Å²) >= 11 is 0. The van der Waals surface area contributed by atoms with E-state index >= 15 is 0 Å². The van der Waals surface area contributed by atoms with Crippen LogP contribution in [-0.4, -0.2) is 19.7 Å². The van der Waals surface area contributed by atoms with Crippen LogP contribution >= 0.6 is 0 Å². The third kappa shape index (κ3) is 1.74.